The summed E-state index contributed by atoms with van der Waals surface area (Å²) in [5, 5.41) is 11.6. The van der Waals surface area contributed by atoms with Crippen LogP contribution in [-0.2, 0) is 20.9 Å². The molecule has 5 rings (SSSR count). The minimum Gasteiger partial charge on any atom is -0.493 e. The lowest BCUT2D eigenvalue weighted by Gasteiger charge is -2.25. The predicted molar refractivity (Wildman–Crippen MR) is 163 cm³/mol. The molecule has 4 aromatic rings. The first kappa shape index (κ1) is 30.4. The van der Waals surface area contributed by atoms with E-state index in [1.165, 1.54) is 30.9 Å². The molecule has 3 aromatic carbocycles. The van der Waals surface area contributed by atoms with Gasteiger partial charge in [-0.05, 0) is 42.3 Å². The number of esters is 1. The fourth-order valence-electron chi connectivity index (χ4n) is 4.82. The van der Waals surface area contributed by atoms with Gasteiger partial charge in [-0.15, -0.1) is 0 Å². The van der Waals surface area contributed by atoms with Crippen molar-refractivity contribution in [1.82, 2.24) is 4.57 Å². The Bertz CT molecular complexity index is 1910. The number of carbonyl (C=O) groups is 1. The number of nitro benzene ring substituents is 1. The molecule has 11 nitrogen and oxygen atoms in total. The largest absolute Gasteiger partial charge is 0.493 e. The molecular weight excluding hydrogens is 586 g/mol. The van der Waals surface area contributed by atoms with Crippen LogP contribution in [0.25, 0.3) is 6.08 Å². The van der Waals surface area contributed by atoms with Crippen LogP contribution in [0.5, 0.6) is 11.5 Å². The van der Waals surface area contributed by atoms with E-state index in [1.54, 1.807) is 43.3 Å². The Labute approximate surface area is 256 Å². The highest BCUT2D eigenvalue weighted by atomic mass is 32.1. The molecule has 12 heteroatoms. The van der Waals surface area contributed by atoms with E-state index in [-0.39, 0.29) is 34.6 Å². The van der Waals surface area contributed by atoms with Crippen molar-refractivity contribution in [3.05, 3.63) is 131 Å². The summed E-state index contributed by atoms with van der Waals surface area (Å²) in [5.41, 5.74) is 1.75. The molecule has 2 heterocycles. The molecule has 226 valence electrons. The van der Waals surface area contributed by atoms with Crippen molar-refractivity contribution in [3.8, 4) is 11.5 Å². The zero-order chi connectivity index (χ0) is 31.2. The number of methoxy groups -OCH3 is 2. The highest BCUT2D eigenvalue weighted by molar-refractivity contribution is 7.07. The van der Waals surface area contributed by atoms with Crippen molar-refractivity contribution >= 4 is 29.1 Å². The predicted octanol–water partition coefficient (Wildman–Crippen LogP) is 3.92. The second-order valence-electron chi connectivity index (χ2n) is 9.71. The van der Waals surface area contributed by atoms with Gasteiger partial charge in [-0.2, -0.15) is 0 Å². The number of nitro groups is 1. The third-order valence-corrected chi connectivity index (χ3v) is 7.91. The number of thiazole rings is 1. The third kappa shape index (κ3) is 6.31. The monoisotopic (exact) mass is 615 g/mol. The third-order valence-electron chi connectivity index (χ3n) is 6.92. The summed E-state index contributed by atoms with van der Waals surface area (Å²) in [6, 6.07) is 20.1. The number of hydrogen-bond donors (Lipinski definition) is 0. The minimum atomic E-state index is -0.925. The lowest BCUT2D eigenvalue weighted by molar-refractivity contribution is -0.385. The standard InChI is InChI=1S/C32H29N3O8S/c1-20-28(31(37)42-16-15-40-2)29(23-13-14-25(26(17-23)41-3)43-19-21-9-5-4-6-10-21)34-30(36)27(44-32(34)33-20)18-22-11-7-8-12-24(22)35(38)39/h4-14,17-18,29H,15-16,19H2,1-3H3/b27-18-. The van der Waals surface area contributed by atoms with Crippen LogP contribution in [0, 0.1) is 10.1 Å². The molecular formula is C32H29N3O8S. The van der Waals surface area contributed by atoms with E-state index in [1.807, 2.05) is 30.3 Å². The van der Waals surface area contributed by atoms with Crippen molar-refractivity contribution < 1.29 is 28.7 Å². The van der Waals surface area contributed by atoms with Crippen LogP contribution < -0.4 is 24.4 Å². The van der Waals surface area contributed by atoms with Gasteiger partial charge in [0.15, 0.2) is 16.3 Å². The number of allylic oxidation sites excluding steroid dienone is 1. The highest BCUT2D eigenvalue weighted by Crippen LogP contribution is 2.36. The van der Waals surface area contributed by atoms with E-state index in [2.05, 4.69) is 4.99 Å². The Kier molecular flexibility index (Phi) is 9.32. The summed E-state index contributed by atoms with van der Waals surface area (Å²) in [6.07, 6.45) is 1.47. The van der Waals surface area contributed by atoms with Gasteiger partial charge >= 0.3 is 5.97 Å². The molecule has 0 saturated heterocycles. The van der Waals surface area contributed by atoms with Crippen LogP contribution >= 0.6 is 11.3 Å². The van der Waals surface area contributed by atoms with Crippen molar-refractivity contribution in [2.24, 2.45) is 4.99 Å². The molecule has 0 spiro atoms. The molecule has 0 radical (unpaired) electrons. The minimum absolute atomic E-state index is 0.0104. The van der Waals surface area contributed by atoms with Gasteiger partial charge in [-0.1, -0.05) is 59.9 Å². The van der Waals surface area contributed by atoms with Gasteiger partial charge in [0.2, 0.25) is 0 Å². The van der Waals surface area contributed by atoms with E-state index in [0.29, 0.717) is 34.2 Å². The average Bonchev–Trinajstić information content (AvgIpc) is 3.33. The van der Waals surface area contributed by atoms with Crippen LogP contribution in [0.3, 0.4) is 0 Å². The van der Waals surface area contributed by atoms with Gasteiger partial charge < -0.3 is 18.9 Å². The van der Waals surface area contributed by atoms with E-state index >= 15 is 0 Å². The number of aromatic nitrogens is 1. The molecule has 1 aromatic heterocycles. The summed E-state index contributed by atoms with van der Waals surface area (Å²) < 4.78 is 23.8. The second kappa shape index (κ2) is 13.5. The first-order valence-electron chi connectivity index (χ1n) is 13.6. The Morgan fingerprint density at radius 2 is 1.80 bits per heavy atom. The normalized spacial score (nSPS) is 14.5. The summed E-state index contributed by atoms with van der Waals surface area (Å²) in [4.78, 5) is 43.4. The maximum Gasteiger partial charge on any atom is 0.338 e. The fourth-order valence-corrected chi connectivity index (χ4v) is 5.86. The molecule has 0 saturated carbocycles. The van der Waals surface area contributed by atoms with Crippen molar-refractivity contribution in [2.45, 2.75) is 19.6 Å². The maximum absolute atomic E-state index is 14.0. The first-order chi connectivity index (χ1) is 21.3. The number of benzene rings is 3. The highest BCUT2D eigenvalue weighted by Gasteiger charge is 2.34. The number of hydrogen-bond acceptors (Lipinski definition) is 10. The lowest BCUT2D eigenvalue weighted by atomic mass is 9.95. The van der Waals surface area contributed by atoms with Crippen molar-refractivity contribution in [2.75, 3.05) is 27.4 Å². The molecule has 1 aliphatic rings. The van der Waals surface area contributed by atoms with Crippen molar-refractivity contribution in [3.63, 3.8) is 0 Å². The number of para-hydroxylation sites is 1. The summed E-state index contributed by atoms with van der Waals surface area (Å²) in [7, 11) is 3.00. The number of carbonyl (C=O) groups excluding carboxylic acids is 1. The molecule has 1 aliphatic heterocycles. The zero-order valence-electron chi connectivity index (χ0n) is 24.2. The summed E-state index contributed by atoms with van der Waals surface area (Å²) in [6.45, 7) is 2.19. The maximum atomic E-state index is 14.0. The second-order valence-corrected chi connectivity index (χ2v) is 10.7. The molecule has 0 aliphatic carbocycles. The number of nitrogens with zero attached hydrogens (tertiary/aromatic N) is 3. The molecule has 0 N–H and O–H groups in total. The number of rotatable bonds is 11. The number of ether oxygens (including phenoxy) is 4. The van der Waals surface area contributed by atoms with Gasteiger partial charge in [0, 0.05) is 13.2 Å². The topological polar surface area (TPSA) is 131 Å². The lowest BCUT2D eigenvalue weighted by Crippen LogP contribution is -2.40. The zero-order valence-corrected chi connectivity index (χ0v) is 25.0. The van der Waals surface area contributed by atoms with Crippen LogP contribution in [0.1, 0.15) is 29.7 Å². The van der Waals surface area contributed by atoms with E-state index in [4.69, 9.17) is 18.9 Å². The van der Waals surface area contributed by atoms with Gasteiger partial charge in [0.25, 0.3) is 11.2 Å². The molecule has 44 heavy (non-hydrogen) atoms. The van der Waals surface area contributed by atoms with Gasteiger partial charge in [0.1, 0.15) is 13.2 Å². The SMILES string of the molecule is COCCOC(=O)C1=C(C)N=c2s/c(=C\c3ccccc3[N+](=O)[O-])c(=O)n2C1c1ccc(OCc2ccccc2)c(OC)c1. The summed E-state index contributed by atoms with van der Waals surface area (Å²) >= 11 is 1.08. The van der Waals surface area contributed by atoms with E-state index < -0.39 is 22.5 Å². The van der Waals surface area contributed by atoms with E-state index in [0.717, 1.165) is 16.9 Å². The molecule has 1 unspecified atom stereocenters. The fraction of sp³-hybridized carbons (Fsp3) is 0.219. The smallest absolute Gasteiger partial charge is 0.338 e. The van der Waals surface area contributed by atoms with E-state index in [9.17, 15) is 19.7 Å². The molecule has 0 bridgehead atoms. The Balaban J connectivity index is 1.63. The van der Waals surface area contributed by atoms with Crippen LogP contribution in [0.2, 0.25) is 0 Å². The summed E-state index contributed by atoms with van der Waals surface area (Å²) in [5.74, 6) is 0.237. The van der Waals surface area contributed by atoms with Crippen molar-refractivity contribution in [1.29, 1.82) is 0 Å². The van der Waals surface area contributed by atoms with Gasteiger partial charge in [0.05, 0.1) is 46.0 Å². The van der Waals surface area contributed by atoms with Crippen LogP contribution in [0.15, 0.2) is 93.9 Å². The average molecular weight is 616 g/mol. The molecule has 0 amide bonds. The van der Waals surface area contributed by atoms with Crippen LogP contribution in [0.4, 0.5) is 5.69 Å². The molecule has 0 fully saturated rings. The molecule has 1 atom stereocenters. The van der Waals surface area contributed by atoms with Gasteiger partial charge in [-0.3, -0.25) is 19.5 Å². The van der Waals surface area contributed by atoms with Crippen LogP contribution in [-0.4, -0.2) is 42.9 Å². The Hall–Kier alpha value is -5.07. The first-order valence-corrected chi connectivity index (χ1v) is 14.4. The Morgan fingerprint density at radius 1 is 1.05 bits per heavy atom. The quantitative estimate of drug-likeness (QED) is 0.107. The van der Waals surface area contributed by atoms with Gasteiger partial charge in [-0.25, -0.2) is 9.79 Å². The number of fused-ring (bicyclic) bond motifs is 1. The Morgan fingerprint density at radius 3 is 2.52 bits per heavy atom.